The van der Waals surface area contributed by atoms with Crippen molar-refractivity contribution in [1.29, 1.82) is 0 Å². The summed E-state index contributed by atoms with van der Waals surface area (Å²) in [6, 6.07) is 0.160. The molecule has 1 fully saturated rings. The summed E-state index contributed by atoms with van der Waals surface area (Å²) < 4.78 is 4.34. The number of aromatic nitrogens is 2. The van der Waals surface area contributed by atoms with Gasteiger partial charge in [-0.2, -0.15) is 4.37 Å². The zero-order chi connectivity index (χ0) is 12.6. The minimum Gasteiger partial charge on any atom is -0.355 e. The molecule has 1 aromatic heterocycles. The molecule has 1 saturated heterocycles. The van der Waals surface area contributed by atoms with Gasteiger partial charge in [0.25, 0.3) is 0 Å². The van der Waals surface area contributed by atoms with Crippen LogP contribution >= 0.6 is 11.5 Å². The Balaban J connectivity index is 2.01. The molecule has 0 aliphatic carbocycles. The highest BCUT2D eigenvalue weighted by Gasteiger charge is 2.28. The van der Waals surface area contributed by atoms with Crippen LogP contribution in [0.25, 0.3) is 0 Å². The van der Waals surface area contributed by atoms with Gasteiger partial charge >= 0.3 is 0 Å². The maximum absolute atomic E-state index is 11.4. The van der Waals surface area contributed by atoms with E-state index in [1.807, 2.05) is 7.05 Å². The van der Waals surface area contributed by atoms with Crippen LogP contribution in [0.2, 0.25) is 0 Å². The maximum atomic E-state index is 11.4. The lowest BCUT2D eigenvalue weighted by Crippen LogP contribution is -2.24. The molecule has 1 amide bonds. The van der Waals surface area contributed by atoms with Crippen LogP contribution in [0.4, 0.5) is 5.13 Å². The monoisotopic (exact) mass is 254 g/mol. The van der Waals surface area contributed by atoms with Crippen LogP contribution in [-0.2, 0) is 10.2 Å². The van der Waals surface area contributed by atoms with Crippen LogP contribution in [0, 0.1) is 0 Å². The largest absolute Gasteiger partial charge is 0.355 e. The highest BCUT2D eigenvalue weighted by atomic mass is 32.1. The average molecular weight is 254 g/mol. The number of carbonyl (C=O) groups is 1. The third-order valence-corrected chi connectivity index (χ3v) is 3.41. The first-order chi connectivity index (χ1) is 7.86. The lowest BCUT2D eigenvalue weighted by Gasteiger charge is -2.13. The van der Waals surface area contributed by atoms with Crippen molar-refractivity contribution >= 4 is 22.6 Å². The van der Waals surface area contributed by atoms with E-state index in [9.17, 15) is 4.79 Å². The summed E-state index contributed by atoms with van der Waals surface area (Å²) in [7, 11) is 1.82. The Morgan fingerprint density at radius 3 is 2.65 bits per heavy atom. The number of hydrogen-bond donors (Lipinski definition) is 1. The molecule has 0 spiro atoms. The summed E-state index contributed by atoms with van der Waals surface area (Å²) in [5.41, 5.74) is -0.0291. The normalized spacial score (nSPS) is 21.1. The van der Waals surface area contributed by atoms with Crippen molar-refractivity contribution in [2.24, 2.45) is 0 Å². The van der Waals surface area contributed by atoms with Gasteiger partial charge in [0.2, 0.25) is 11.0 Å². The van der Waals surface area contributed by atoms with Crippen LogP contribution in [-0.4, -0.2) is 39.8 Å². The third-order valence-electron chi connectivity index (χ3n) is 2.77. The number of carbonyl (C=O) groups excluding carboxylic acids is 1. The number of amides is 1. The van der Waals surface area contributed by atoms with Crippen LogP contribution < -0.4 is 5.32 Å². The molecule has 0 saturated carbocycles. The molecule has 17 heavy (non-hydrogen) atoms. The number of nitrogens with one attached hydrogen (secondary N) is 1. The average Bonchev–Trinajstić information content (AvgIpc) is 2.75. The second-order valence-corrected chi connectivity index (χ2v) is 6.24. The first-order valence-electron chi connectivity index (χ1n) is 5.71. The molecule has 2 heterocycles. The standard InChI is InChI=1S/C11H18N4OS/c1-11(2,3)9-13-10(17-14-9)12-7-5-8(16)15(4)6-7/h7H,5-6H2,1-4H3,(H,12,13,14). The maximum Gasteiger partial charge on any atom is 0.224 e. The van der Waals surface area contributed by atoms with E-state index in [-0.39, 0.29) is 17.4 Å². The first kappa shape index (κ1) is 12.3. The summed E-state index contributed by atoms with van der Waals surface area (Å²) in [6.07, 6.45) is 0.543. The van der Waals surface area contributed by atoms with Crippen molar-refractivity contribution in [3.8, 4) is 0 Å². The van der Waals surface area contributed by atoms with E-state index >= 15 is 0 Å². The quantitative estimate of drug-likeness (QED) is 0.868. The molecule has 1 aliphatic heterocycles. The van der Waals surface area contributed by atoms with Gasteiger partial charge < -0.3 is 10.2 Å². The Morgan fingerprint density at radius 1 is 1.47 bits per heavy atom. The second kappa shape index (κ2) is 4.25. The molecule has 1 atom stereocenters. The molecule has 94 valence electrons. The van der Waals surface area contributed by atoms with Gasteiger partial charge in [0.1, 0.15) is 5.82 Å². The van der Waals surface area contributed by atoms with Gasteiger partial charge in [0.05, 0.1) is 6.04 Å². The SMILES string of the molecule is CN1CC(Nc2nc(C(C)(C)C)ns2)CC1=O. The second-order valence-electron chi connectivity index (χ2n) is 5.49. The van der Waals surface area contributed by atoms with Gasteiger partial charge in [-0.25, -0.2) is 4.98 Å². The zero-order valence-corrected chi connectivity index (χ0v) is 11.5. The lowest BCUT2D eigenvalue weighted by atomic mass is 9.96. The summed E-state index contributed by atoms with van der Waals surface area (Å²) in [5.74, 6) is 1.03. The van der Waals surface area contributed by atoms with Crippen molar-refractivity contribution in [3.63, 3.8) is 0 Å². The number of likely N-dealkylation sites (tertiary alicyclic amines) is 1. The van der Waals surface area contributed by atoms with E-state index in [0.29, 0.717) is 6.42 Å². The van der Waals surface area contributed by atoms with Crippen molar-refractivity contribution in [1.82, 2.24) is 14.3 Å². The van der Waals surface area contributed by atoms with Crippen LogP contribution in [0.3, 0.4) is 0 Å². The Kier molecular flexibility index (Phi) is 3.07. The van der Waals surface area contributed by atoms with Crippen LogP contribution in [0.1, 0.15) is 33.0 Å². The molecule has 0 bridgehead atoms. The first-order valence-corrected chi connectivity index (χ1v) is 6.48. The van der Waals surface area contributed by atoms with Gasteiger partial charge in [-0.1, -0.05) is 20.8 Å². The van der Waals surface area contributed by atoms with Crippen LogP contribution in [0.5, 0.6) is 0 Å². The number of anilines is 1. The summed E-state index contributed by atoms with van der Waals surface area (Å²) >= 11 is 1.36. The fraction of sp³-hybridized carbons (Fsp3) is 0.727. The lowest BCUT2D eigenvalue weighted by molar-refractivity contribution is -0.126. The molecule has 0 radical (unpaired) electrons. The molecule has 1 N–H and O–H groups in total. The molecule has 1 unspecified atom stereocenters. The van der Waals surface area contributed by atoms with E-state index in [4.69, 9.17) is 0 Å². The van der Waals surface area contributed by atoms with E-state index in [2.05, 4.69) is 35.4 Å². The van der Waals surface area contributed by atoms with E-state index < -0.39 is 0 Å². The van der Waals surface area contributed by atoms with Crippen molar-refractivity contribution < 1.29 is 4.79 Å². The Labute approximate surface area is 105 Å². The van der Waals surface area contributed by atoms with Crippen molar-refractivity contribution in [3.05, 3.63) is 5.82 Å². The minimum atomic E-state index is -0.0291. The van der Waals surface area contributed by atoms with Gasteiger partial charge in [0.15, 0.2) is 0 Å². The predicted octanol–water partition coefficient (Wildman–Crippen LogP) is 1.48. The number of likely N-dealkylation sites (N-methyl/N-ethyl adjacent to an activating group) is 1. The Bertz CT molecular complexity index is 423. The summed E-state index contributed by atoms with van der Waals surface area (Å²) in [6.45, 7) is 7.01. The number of rotatable bonds is 2. The molecule has 2 rings (SSSR count). The summed E-state index contributed by atoms with van der Waals surface area (Å²) in [5, 5.41) is 4.08. The third kappa shape index (κ3) is 2.74. The van der Waals surface area contributed by atoms with Gasteiger partial charge in [-0.15, -0.1) is 0 Å². The molecule has 0 aromatic carbocycles. The molecule has 6 heteroatoms. The number of nitrogens with zero attached hydrogens (tertiary/aromatic N) is 3. The van der Waals surface area contributed by atoms with E-state index in [1.54, 1.807) is 4.90 Å². The van der Waals surface area contributed by atoms with Gasteiger partial charge in [-0.3, -0.25) is 4.79 Å². The van der Waals surface area contributed by atoms with Gasteiger partial charge in [-0.05, 0) is 0 Å². The van der Waals surface area contributed by atoms with E-state index in [0.717, 1.165) is 17.5 Å². The van der Waals surface area contributed by atoms with Crippen LogP contribution in [0.15, 0.2) is 0 Å². The molecule has 5 nitrogen and oxygen atoms in total. The highest BCUT2D eigenvalue weighted by Crippen LogP contribution is 2.24. The smallest absolute Gasteiger partial charge is 0.224 e. The highest BCUT2D eigenvalue weighted by molar-refractivity contribution is 7.09. The van der Waals surface area contributed by atoms with Crippen molar-refractivity contribution in [2.45, 2.75) is 38.6 Å². The topological polar surface area (TPSA) is 58.1 Å². The van der Waals surface area contributed by atoms with E-state index in [1.165, 1.54) is 11.5 Å². The molecular weight excluding hydrogens is 236 g/mol. The molecular formula is C11H18N4OS. The zero-order valence-electron chi connectivity index (χ0n) is 10.6. The Morgan fingerprint density at radius 2 is 2.18 bits per heavy atom. The van der Waals surface area contributed by atoms with Crippen molar-refractivity contribution in [2.75, 3.05) is 18.9 Å². The number of hydrogen-bond acceptors (Lipinski definition) is 5. The predicted molar refractivity (Wildman–Crippen MR) is 68.3 cm³/mol. The Hall–Kier alpha value is -1.17. The molecule has 1 aliphatic rings. The fourth-order valence-corrected chi connectivity index (χ4v) is 2.56. The summed E-state index contributed by atoms with van der Waals surface area (Å²) in [4.78, 5) is 17.6. The van der Waals surface area contributed by atoms with Gasteiger partial charge in [0, 0.05) is 37.0 Å². The fourth-order valence-electron chi connectivity index (χ4n) is 1.72. The molecule has 1 aromatic rings. The minimum absolute atomic E-state index is 0.0291.